The average Bonchev–Trinajstić information content (AvgIpc) is 2.73. The molecular formula is C22H32N2O3. The Morgan fingerprint density at radius 3 is 2.37 bits per heavy atom. The zero-order valence-corrected chi connectivity index (χ0v) is 16.4. The second-order valence-corrected chi connectivity index (χ2v) is 7.93. The van der Waals surface area contributed by atoms with Crippen LogP contribution in [0.2, 0.25) is 0 Å². The van der Waals surface area contributed by atoms with E-state index in [1.54, 1.807) is 4.90 Å². The van der Waals surface area contributed by atoms with Crippen molar-refractivity contribution in [2.75, 3.05) is 26.2 Å². The maximum absolute atomic E-state index is 12.9. The molecule has 0 radical (unpaired) electrons. The van der Waals surface area contributed by atoms with Crippen molar-refractivity contribution in [1.82, 2.24) is 9.80 Å². The Hall–Kier alpha value is -1.72. The van der Waals surface area contributed by atoms with Crippen LogP contribution in [0.4, 0.5) is 0 Å². The molecule has 3 rings (SSSR count). The molecule has 2 saturated heterocycles. The molecule has 2 fully saturated rings. The fourth-order valence-corrected chi connectivity index (χ4v) is 4.25. The van der Waals surface area contributed by atoms with Crippen molar-refractivity contribution in [3.63, 3.8) is 0 Å². The Labute approximate surface area is 162 Å². The van der Waals surface area contributed by atoms with Gasteiger partial charge in [-0.25, -0.2) is 0 Å². The van der Waals surface area contributed by atoms with Crippen molar-refractivity contribution in [2.24, 2.45) is 5.92 Å². The lowest BCUT2D eigenvalue weighted by molar-refractivity contribution is -0.124. The Bertz CT molecular complexity index is 635. The molecule has 2 aliphatic rings. The quantitative estimate of drug-likeness (QED) is 0.834. The van der Waals surface area contributed by atoms with Crippen LogP contribution in [-0.2, 0) is 11.3 Å². The van der Waals surface area contributed by atoms with E-state index in [9.17, 15) is 14.7 Å². The topological polar surface area (TPSA) is 60.9 Å². The number of aliphatic hydroxyl groups excluding tert-OH is 1. The number of benzene rings is 1. The number of hydrogen-bond acceptors (Lipinski definition) is 4. The van der Waals surface area contributed by atoms with Gasteiger partial charge in [0.05, 0.1) is 6.04 Å². The van der Waals surface area contributed by atoms with Crippen LogP contribution in [-0.4, -0.2) is 58.9 Å². The summed E-state index contributed by atoms with van der Waals surface area (Å²) < 4.78 is 0. The number of aliphatic hydroxyl groups is 1. The van der Waals surface area contributed by atoms with Gasteiger partial charge in [-0.1, -0.05) is 19.1 Å². The van der Waals surface area contributed by atoms with Gasteiger partial charge in [0.1, 0.15) is 0 Å². The summed E-state index contributed by atoms with van der Waals surface area (Å²) in [6.07, 6.45) is 5.37. The number of amides is 1. The molecule has 148 valence electrons. The molecule has 1 N–H and O–H groups in total. The Kier molecular flexibility index (Phi) is 7.02. The first-order valence-corrected chi connectivity index (χ1v) is 10.4. The molecule has 1 atom stereocenters. The van der Waals surface area contributed by atoms with E-state index in [-0.39, 0.29) is 17.7 Å². The lowest BCUT2D eigenvalue weighted by Gasteiger charge is -2.34. The number of nitrogens with zero attached hydrogens (tertiary/aromatic N) is 2. The number of ketones is 1. The Balaban J connectivity index is 1.60. The van der Waals surface area contributed by atoms with E-state index in [4.69, 9.17) is 0 Å². The van der Waals surface area contributed by atoms with E-state index >= 15 is 0 Å². The third-order valence-corrected chi connectivity index (χ3v) is 6.06. The second kappa shape index (κ2) is 9.47. The molecule has 0 aromatic heterocycles. The molecule has 0 aliphatic carbocycles. The molecular weight excluding hydrogens is 340 g/mol. The van der Waals surface area contributed by atoms with Crippen LogP contribution in [0.1, 0.15) is 61.4 Å². The van der Waals surface area contributed by atoms with Gasteiger partial charge in [-0.2, -0.15) is 0 Å². The highest BCUT2D eigenvalue weighted by Crippen LogP contribution is 2.22. The van der Waals surface area contributed by atoms with Gasteiger partial charge < -0.3 is 10.0 Å². The number of Topliss-reactive ketones (excluding diaryl/α,β-unsaturated/α-hetero) is 1. The van der Waals surface area contributed by atoms with Gasteiger partial charge in [0.15, 0.2) is 5.78 Å². The number of rotatable bonds is 6. The largest absolute Gasteiger partial charge is 0.396 e. The van der Waals surface area contributed by atoms with Crippen LogP contribution >= 0.6 is 0 Å². The van der Waals surface area contributed by atoms with E-state index in [2.05, 4.69) is 4.90 Å². The van der Waals surface area contributed by atoms with Crippen LogP contribution in [0, 0.1) is 5.92 Å². The molecule has 5 nitrogen and oxygen atoms in total. The monoisotopic (exact) mass is 372 g/mol. The van der Waals surface area contributed by atoms with Crippen LogP contribution in [0.5, 0.6) is 0 Å². The van der Waals surface area contributed by atoms with Gasteiger partial charge in [0.2, 0.25) is 0 Å². The highest BCUT2D eigenvalue weighted by molar-refractivity contribution is 5.98. The van der Waals surface area contributed by atoms with E-state index in [1.165, 1.54) is 5.56 Å². The van der Waals surface area contributed by atoms with Crippen molar-refractivity contribution in [3.05, 3.63) is 35.4 Å². The summed E-state index contributed by atoms with van der Waals surface area (Å²) in [5, 5.41) is 9.25. The van der Waals surface area contributed by atoms with Gasteiger partial charge >= 0.3 is 0 Å². The fourth-order valence-electron chi connectivity index (χ4n) is 4.25. The van der Waals surface area contributed by atoms with Crippen LogP contribution < -0.4 is 0 Å². The Morgan fingerprint density at radius 1 is 1.04 bits per heavy atom. The van der Waals surface area contributed by atoms with Gasteiger partial charge in [-0.05, 0) is 68.8 Å². The summed E-state index contributed by atoms with van der Waals surface area (Å²) in [6, 6.07) is 7.63. The van der Waals surface area contributed by atoms with Crippen molar-refractivity contribution in [3.8, 4) is 0 Å². The summed E-state index contributed by atoms with van der Waals surface area (Å²) in [6.45, 7) is 5.76. The van der Waals surface area contributed by atoms with E-state index in [1.807, 2.05) is 31.2 Å². The predicted octanol–water partition coefficient (Wildman–Crippen LogP) is 2.86. The molecule has 0 bridgehead atoms. The van der Waals surface area contributed by atoms with E-state index < -0.39 is 0 Å². The molecule has 5 heteroatoms. The SMILES string of the molecule is CCC(=O)[C@H]1CCCCN1C(=O)c1ccc(CN2CCC(CO)CC2)cc1. The van der Waals surface area contributed by atoms with Crippen molar-refractivity contribution in [1.29, 1.82) is 0 Å². The zero-order chi connectivity index (χ0) is 19.2. The first-order chi connectivity index (χ1) is 13.1. The highest BCUT2D eigenvalue weighted by atomic mass is 16.3. The Morgan fingerprint density at radius 2 is 1.74 bits per heavy atom. The summed E-state index contributed by atoms with van der Waals surface area (Å²) in [7, 11) is 0. The first-order valence-electron chi connectivity index (χ1n) is 10.4. The second-order valence-electron chi connectivity index (χ2n) is 7.93. The molecule has 0 saturated carbocycles. The van der Waals surface area contributed by atoms with E-state index in [0.717, 1.165) is 51.7 Å². The van der Waals surface area contributed by atoms with Gasteiger partial charge in [0.25, 0.3) is 5.91 Å². The minimum atomic E-state index is -0.247. The number of piperidine rings is 2. The smallest absolute Gasteiger partial charge is 0.254 e. The normalized spacial score (nSPS) is 22.0. The minimum Gasteiger partial charge on any atom is -0.396 e. The lowest BCUT2D eigenvalue weighted by Crippen LogP contribution is -2.47. The van der Waals surface area contributed by atoms with Crippen molar-refractivity contribution >= 4 is 11.7 Å². The third kappa shape index (κ3) is 4.96. The molecule has 0 unspecified atom stereocenters. The molecule has 2 heterocycles. The third-order valence-electron chi connectivity index (χ3n) is 6.06. The summed E-state index contributed by atoms with van der Waals surface area (Å²) in [5.41, 5.74) is 1.88. The summed E-state index contributed by atoms with van der Waals surface area (Å²) in [5.74, 6) is 0.604. The van der Waals surface area contributed by atoms with Gasteiger partial charge in [-0.15, -0.1) is 0 Å². The van der Waals surface area contributed by atoms with Crippen LogP contribution in [0.3, 0.4) is 0 Å². The minimum absolute atomic E-state index is 0.0168. The number of hydrogen-bond donors (Lipinski definition) is 1. The summed E-state index contributed by atoms with van der Waals surface area (Å²) >= 11 is 0. The maximum Gasteiger partial charge on any atom is 0.254 e. The van der Waals surface area contributed by atoms with Crippen molar-refractivity contribution in [2.45, 2.75) is 58.0 Å². The van der Waals surface area contributed by atoms with Crippen LogP contribution in [0.15, 0.2) is 24.3 Å². The van der Waals surface area contributed by atoms with Gasteiger partial charge in [-0.3, -0.25) is 14.5 Å². The number of carbonyl (C=O) groups is 2. The fraction of sp³-hybridized carbons (Fsp3) is 0.636. The molecule has 1 amide bonds. The average molecular weight is 373 g/mol. The summed E-state index contributed by atoms with van der Waals surface area (Å²) in [4.78, 5) is 29.3. The zero-order valence-electron chi connectivity index (χ0n) is 16.4. The first kappa shape index (κ1) is 20.0. The van der Waals surface area contributed by atoms with Crippen molar-refractivity contribution < 1.29 is 14.7 Å². The lowest BCUT2D eigenvalue weighted by atomic mass is 9.96. The number of carbonyl (C=O) groups excluding carboxylic acids is 2. The van der Waals surface area contributed by atoms with E-state index in [0.29, 0.717) is 31.1 Å². The number of likely N-dealkylation sites (tertiary alicyclic amines) is 2. The highest BCUT2D eigenvalue weighted by Gasteiger charge is 2.31. The predicted molar refractivity (Wildman–Crippen MR) is 106 cm³/mol. The molecule has 27 heavy (non-hydrogen) atoms. The molecule has 2 aliphatic heterocycles. The molecule has 1 aromatic rings. The van der Waals surface area contributed by atoms with Crippen LogP contribution in [0.25, 0.3) is 0 Å². The maximum atomic E-state index is 12.9. The standard InChI is InChI=1S/C22H32N2O3/c1-2-21(26)20-5-3-4-12-24(20)22(27)19-8-6-17(7-9-19)15-23-13-10-18(16-25)11-14-23/h6-9,18,20,25H,2-5,10-16H2,1H3/t20-/m1/s1. The molecule has 1 aromatic carbocycles. The molecule has 0 spiro atoms. The van der Waals surface area contributed by atoms with Gasteiger partial charge in [0, 0.05) is 31.7 Å².